The third-order valence-electron chi connectivity index (χ3n) is 1.49. The largest absolute Gasteiger partial charge is 0.396 e. The summed E-state index contributed by atoms with van der Waals surface area (Å²) >= 11 is 0. The van der Waals surface area contributed by atoms with Crippen molar-refractivity contribution in [3.05, 3.63) is 0 Å². The van der Waals surface area contributed by atoms with Gasteiger partial charge in [0.25, 0.3) is 10.2 Å². The summed E-state index contributed by atoms with van der Waals surface area (Å²) in [5.74, 6) is -0.131. The summed E-state index contributed by atoms with van der Waals surface area (Å²) in [5, 5.41) is 13.3. The average Bonchev–Trinajstić information content (AvgIpc) is 1.82. The molecule has 0 bridgehead atoms. The number of aliphatic hydroxyl groups excluding tert-OH is 1. The first-order chi connectivity index (χ1) is 4.87. The molecule has 0 spiro atoms. The topological polar surface area (TPSA) is 92.4 Å². The number of nitrogens with one attached hydrogen (secondary N) is 1. The molecule has 2 atom stereocenters. The Morgan fingerprint density at radius 2 is 2.00 bits per heavy atom. The van der Waals surface area contributed by atoms with E-state index < -0.39 is 10.2 Å². The highest BCUT2D eigenvalue weighted by Crippen LogP contribution is 2.00. The van der Waals surface area contributed by atoms with Crippen LogP contribution in [0.3, 0.4) is 0 Å². The first-order valence-electron chi connectivity index (χ1n) is 3.27. The minimum absolute atomic E-state index is 0.0658. The van der Waals surface area contributed by atoms with Gasteiger partial charge in [-0.3, -0.25) is 0 Å². The first-order valence-corrected chi connectivity index (χ1v) is 4.82. The standard InChI is InChI=1S/C5H14N2O3S/c1-4(3-8)5(2)7-11(6,9)10/h4-5,7-8H,3H2,1-2H3,(H2,6,9,10). The number of nitrogens with two attached hydrogens (primary N) is 1. The third-order valence-corrected chi connectivity index (χ3v) is 2.19. The lowest BCUT2D eigenvalue weighted by Gasteiger charge is -2.16. The molecule has 0 aliphatic heterocycles. The van der Waals surface area contributed by atoms with Crippen LogP contribution in [0.2, 0.25) is 0 Å². The molecule has 0 rings (SSSR count). The molecule has 0 aromatic heterocycles. The quantitative estimate of drug-likeness (QED) is 0.509. The van der Waals surface area contributed by atoms with Crippen molar-refractivity contribution in [2.24, 2.45) is 11.1 Å². The Bertz CT molecular complexity index is 202. The molecule has 0 aliphatic rings. The van der Waals surface area contributed by atoms with E-state index in [0.717, 1.165) is 0 Å². The van der Waals surface area contributed by atoms with Crippen LogP contribution >= 0.6 is 0 Å². The second-order valence-corrected chi connectivity index (χ2v) is 3.94. The summed E-state index contributed by atoms with van der Waals surface area (Å²) in [6.07, 6.45) is 0. The Balaban J connectivity index is 3.98. The van der Waals surface area contributed by atoms with Crippen molar-refractivity contribution in [3.63, 3.8) is 0 Å². The summed E-state index contributed by atoms with van der Waals surface area (Å²) in [5.41, 5.74) is 0. The summed E-state index contributed by atoms with van der Waals surface area (Å²) < 4.78 is 23.1. The van der Waals surface area contributed by atoms with Crippen LogP contribution in [0.15, 0.2) is 0 Å². The predicted molar refractivity (Wildman–Crippen MR) is 42.0 cm³/mol. The summed E-state index contributed by atoms with van der Waals surface area (Å²) in [4.78, 5) is 0. The molecule has 0 heterocycles. The zero-order valence-electron chi connectivity index (χ0n) is 6.61. The van der Waals surface area contributed by atoms with E-state index in [-0.39, 0.29) is 18.6 Å². The Morgan fingerprint density at radius 3 is 2.27 bits per heavy atom. The van der Waals surface area contributed by atoms with Gasteiger partial charge < -0.3 is 5.11 Å². The molecule has 0 radical (unpaired) electrons. The molecule has 11 heavy (non-hydrogen) atoms. The van der Waals surface area contributed by atoms with Crippen LogP contribution in [-0.2, 0) is 10.2 Å². The molecule has 0 fully saturated rings. The van der Waals surface area contributed by atoms with E-state index in [1.807, 2.05) is 0 Å². The van der Waals surface area contributed by atoms with Crippen molar-refractivity contribution < 1.29 is 13.5 Å². The van der Waals surface area contributed by atoms with E-state index in [2.05, 4.69) is 4.72 Å². The van der Waals surface area contributed by atoms with E-state index in [1.54, 1.807) is 13.8 Å². The van der Waals surface area contributed by atoms with Crippen molar-refractivity contribution in [3.8, 4) is 0 Å². The lowest BCUT2D eigenvalue weighted by molar-refractivity contribution is 0.216. The van der Waals surface area contributed by atoms with Gasteiger partial charge in [-0.05, 0) is 12.8 Å². The van der Waals surface area contributed by atoms with Crippen molar-refractivity contribution in [1.29, 1.82) is 0 Å². The van der Waals surface area contributed by atoms with E-state index in [4.69, 9.17) is 10.2 Å². The Labute approximate surface area is 66.8 Å². The van der Waals surface area contributed by atoms with E-state index in [9.17, 15) is 8.42 Å². The van der Waals surface area contributed by atoms with Crippen molar-refractivity contribution in [1.82, 2.24) is 4.72 Å². The van der Waals surface area contributed by atoms with Crippen molar-refractivity contribution in [2.45, 2.75) is 19.9 Å². The molecule has 0 amide bonds. The minimum Gasteiger partial charge on any atom is -0.396 e. The molecule has 0 aromatic carbocycles. The summed E-state index contributed by atoms with van der Waals surface area (Å²) in [6, 6.07) is -0.338. The molecular weight excluding hydrogens is 168 g/mol. The maximum absolute atomic E-state index is 10.4. The van der Waals surface area contributed by atoms with Crippen molar-refractivity contribution >= 4 is 10.2 Å². The first kappa shape index (κ1) is 10.8. The fourth-order valence-electron chi connectivity index (χ4n) is 0.533. The van der Waals surface area contributed by atoms with Gasteiger partial charge in [-0.25, -0.2) is 5.14 Å². The third kappa shape index (κ3) is 5.14. The monoisotopic (exact) mass is 182 g/mol. The minimum atomic E-state index is -3.64. The van der Waals surface area contributed by atoms with E-state index >= 15 is 0 Å². The number of hydrogen-bond donors (Lipinski definition) is 3. The number of rotatable bonds is 4. The molecule has 0 saturated carbocycles. The summed E-state index contributed by atoms with van der Waals surface area (Å²) in [7, 11) is -3.64. The Hall–Kier alpha value is -0.170. The fourth-order valence-corrected chi connectivity index (χ4v) is 1.28. The van der Waals surface area contributed by atoms with Gasteiger partial charge in [-0.15, -0.1) is 0 Å². The molecule has 2 unspecified atom stereocenters. The highest BCUT2D eigenvalue weighted by Gasteiger charge is 2.14. The van der Waals surface area contributed by atoms with Crippen LogP contribution < -0.4 is 9.86 Å². The molecule has 0 saturated heterocycles. The van der Waals surface area contributed by atoms with Crippen LogP contribution in [-0.4, -0.2) is 26.2 Å². The lowest BCUT2D eigenvalue weighted by atomic mass is 10.1. The molecule has 5 nitrogen and oxygen atoms in total. The number of hydrogen-bond acceptors (Lipinski definition) is 3. The second-order valence-electron chi connectivity index (χ2n) is 2.61. The predicted octanol–water partition coefficient (Wildman–Crippen LogP) is -1.20. The Morgan fingerprint density at radius 1 is 1.55 bits per heavy atom. The molecule has 0 aliphatic carbocycles. The zero-order valence-corrected chi connectivity index (χ0v) is 7.43. The van der Waals surface area contributed by atoms with Gasteiger partial charge in [0.15, 0.2) is 0 Å². The molecule has 6 heteroatoms. The normalized spacial score (nSPS) is 17.8. The molecule has 68 valence electrons. The number of aliphatic hydroxyl groups is 1. The van der Waals surface area contributed by atoms with Crippen LogP contribution in [0.25, 0.3) is 0 Å². The summed E-state index contributed by atoms with van der Waals surface area (Å²) in [6.45, 7) is 3.30. The van der Waals surface area contributed by atoms with Crippen LogP contribution in [0.1, 0.15) is 13.8 Å². The van der Waals surface area contributed by atoms with Gasteiger partial charge in [-0.1, -0.05) is 6.92 Å². The van der Waals surface area contributed by atoms with Crippen LogP contribution in [0, 0.1) is 5.92 Å². The van der Waals surface area contributed by atoms with Crippen LogP contribution in [0.5, 0.6) is 0 Å². The molecule has 4 N–H and O–H groups in total. The Kier molecular flexibility index (Phi) is 3.95. The SMILES string of the molecule is CC(CO)C(C)NS(N)(=O)=O. The van der Waals surface area contributed by atoms with Gasteiger partial charge in [0.05, 0.1) is 0 Å². The maximum Gasteiger partial charge on any atom is 0.274 e. The lowest BCUT2D eigenvalue weighted by Crippen LogP contribution is -2.41. The maximum atomic E-state index is 10.4. The van der Waals surface area contributed by atoms with E-state index in [0.29, 0.717) is 0 Å². The highest BCUT2D eigenvalue weighted by atomic mass is 32.2. The van der Waals surface area contributed by atoms with Gasteiger partial charge in [0.1, 0.15) is 0 Å². The smallest absolute Gasteiger partial charge is 0.274 e. The fraction of sp³-hybridized carbons (Fsp3) is 1.00. The van der Waals surface area contributed by atoms with Gasteiger partial charge in [0.2, 0.25) is 0 Å². The van der Waals surface area contributed by atoms with E-state index in [1.165, 1.54) is 0 Å². The van der Waals surface area contributed by atoms with Gasteiger partial charge in [-0.2, -0.15) is 13.1 Å². The molecular formula is C5H14N2O3S. The van der Waals surface area contributed by atoms with Gasteiger partial charge in [0, 0.05) is 12.6 Å². The zero-order chi connectivity index (χ0) is 9.07. The molecule has 0 aromatic rings. The highest BCUT2D eigenvalue weighted by molar-refractivity contribution is 7.87. The van der Waals surface area contributed by atoms with Gasteiger partial charge >= 0.3 is 0 Å². The second kappa shape index (κ2) is 4.01. The van der Waals surface area contributed by atoms with Crippen LogP contribution in [0.4, 0.5) is 0 Å². The average molecular weight is 182 g/mol. The van der Waals surface area contributed by atoms with Crippen molar-refractivity contribution in [2.75, 3.05) is 6.61 Å².